The molecular formula is C17H16N6. The maximum Gasteiger partial charge on any atom is 0.142 e. The van der Waals surface area contributed by atoms with E-state index in [0.29, 0.717) is 5.82 Å². The Morgan fingerprint density at radius 3 is 2.78 bits per heavy atom. The summed E-state index contributed by atoms with van der Waals surface area (Å²) in [5.41, 5.74) is 11.9. The number of aryl methyl sites for hydroxylation is 2. The third kappa shape index (κ3) is 2.24. The first kappa shape index (κ1) is 13.5. The number of rotatable bonds is 2. The lowest BCUT2D eigenvalue weighted by Crippen LogP contribution is -1.96. The quantitative estimate of drug-likeness (QED) is 0.596. The van der Waals surface area contributed by atoms with Crippen LogP contribution >= 0.6 is 0 Å². The number of nitrogens with one attached hydrogen (secondary N) is 1. The average molecular weight is 304 g/mol. The third-order valence-electron chi connectivity index (χ3n) is 3.93. The van der Waals surface area contributed by atoms with Gasteiger partial charge in [0.25, 0.3) is 0 Å². The lowest BCUT2D eigenvalue weighted by Gasteiger charge is -2.04. The van der Waals surface area contributed by atoms with Gasteiger partial charge in [-0.25, -0.2) is 9.97 Å². The summed E-state index contributed by atoms with van der Waals surface area (Å²) in [6, 6.07) is 8.05. The number of imidazole rings is 1. The fourth-order valence-electron chi connectivity index (χ4n) is 2.70. The molecule has 0 bridgehead atoms. The molecule has 1 aromatic carbocycles. The highest BCUT2D eigenvalue weighted by molar-refractivity contribution is 5.85. The Hall–Kier alpha value is -3.15. The first-order chi connectivity index (χ1) is 11.1. The van der Waals surface area contributed by atoms with E-state index in [9.17, 15) is 0 Å². The Morgan fingerprint density at radius 2 is 2.04 bits per heavy atom. The number of benzene rings is 1. The number of hydrogen-bond acceptors (Lipinski definition) is 4. The van der Waals surface area contributed by atoms with E-state index in [-0.39, 0.29) is 0 Å². The lowest BCUT2D eigenvalue weighted by molar-refractivity contribution is 0.768. The van der Waals surface area contributed by atoms with Gasteiger partial charge in [0.1, 0.15) is 11.6 Å². The number of aromatic nitrogens is 5. The standard InChI is InChI=1S/C17H16N6/c1-10-4-3-5-14-15(10)22-17(21-14)13-6-11(7-19-16(13)18)12-8-20-23(2)9-12/h3-9H,1-2H3,(H2,18,19)(H,21,22). The Bertz CT molecular complexity index is 1010. The van der Waals surface area contributed by atoms with E-state index in [1.54, 1.807) is 17.1 Å². The monoisotopic (exact) mass is 304 g/mol. The zero-order chi connectivity index (χ0) is 16.0. The number of hydrogen-bond donors (Lipinski definition) is 2. The van der Waals surface area contributed by atoms with Crippen molar-refractivity contribution in [3.8, 4) is 22.5 Å². The van der Waals surface area contributed by atoms with Crippen LogP contribution in [0.3, 0.4) is 0 Å². The van der Waals surface area contributed by atoms with Crippen LogP contribution < -0.4 is 5.73 Å². The summed E-state index contributed by atoms with van der Waals surface area (Å²) in [6.07, 6.45) is 5.50. The highest BCUT2D eigenvalue weighted by Gasteiger charge is 2.12. The second kappa shape index (κ2) is 4.95. The topological polar surface area (TPSA) is 85.4 Å². The van der Waals surface area contributed by atoms with Gasteiger partial charge in [0, 0.05) is 30.6 Å². The Balaban J connectivity index is 1.88. The second-order valence-corrected chi connectivity index (χ2v) is 5.62. The van der Waals surface area contributed by atoms with Crippen LogP contribution in [0.15, 0.2) is 42.9 Å². The predicted octanol–water partition coefficient (Wildman–Crippen LogP) is 2.92. The molecule has 4 aromatic rings. The van der Waals surface area contributed by atoms with Crippen molar-refractivity contribution in [2.24, 2.45) is 7.05 Å². The maximum atomic E-state index is 6.07. The molecule has 0 fully saturated rings. The van der Waals surface area contributed by atoms with Crippen LogP contribution in [0.25, 0.3) is 33.5 Å². The number of nitrogens with two attached hydrogens (primary N) is 1. The van der Waals surface area contributed by atoms with Gasteiger partial charge in [-0.05, 0) is 24.6 Å². The van der Waals surface area contributed by atoms with Crippen LogP contribution in [-0.4, -0.2) is 24.7 Å². The first-order valence-electron chi connectivity index (χ1n) is 7.32. The Morgan fingerprint density at radius 1 is 1.17 bits per heavy atom. The fourth-order valence-corrected chi connectivity index (χ4v) is 2.70. The van der Waals surface area contributed by atoms with Gasteiger partial charge in [-0.1, -0.05) is 12.1 Å². The minimum Gasteiger partial charge on any atom is -0.383 e. The third-order valence-corrected chi connectivity index (χ3v) is 3.93. The molecule has 6 heteroatoms. The number of nitrogens with zero attached hydrogens (tertiary/aromatic N) is 4. The summed E-state index contributed by atoms with van der Waals surface area (Å²) in [4.78, 5) is 12.3. The van der Waals surface area contributed by atoms with Crippen LogP contribution in [0.2, 0.25) is 0 Å². The molecule has 114 valence electrons. The second-order valence-electron chi connectivity index (χ2n) is 5.62. The number of H-pyrrole nitrogens is 1. The summed E-state index contributed by atoms with van der Waals surface area (Å²) >= 11 is 0. The first-order valence-corrected chi connectivity index (χ1v) is 7.32. The fraction of sp³-hybridized carbons (Fsp3) is 0.118. The van der Waals surface area contributed by atoms with E-state index in [1.165, 1.54) is 0 Å². The van der Waals surface area contributed by atoms with Crippen molar-refractivity contribution in [1.29, 1.82) is 0 Å². The van der Waals surface area contributed by atoms with Crippen molar-refractivity contribution in [2.45, 2.75) is 6.92 Å². The molecule has 4 rings (SSSR count). The summed E-state index contributed by atoms with van der Waals surface area (Å²) in [6.45, 7) is 2.04. The van der Waals surface area contributed by atoms with Crippen molar-refractivity contribution in [3.63, 3.8) is 0 Å². The zero-order valence-corrected chi connectivity index (χ0v) is 12.9. The lowest BCUT2D eigenvalue weighted by atomic mass is 10.1. The SMILES string of the molecule is Cc1cccc2[nH]c(-c3cc(-c4cnn(C)c4)cnc3N)nc12. The van der Waals surface area contributed by atoms with Crippen LogP contribution in [0, 0.1) is 6.92 Å². The Kier molecular flexibility index (Phi) is 2.90. The van der Waals surface area contributed by atoms with Crippen molar-refractivity contribution in [2.75, 3.05) is 5.73 Å². The minimum absolute atomic E-state index is 0.453. The summed E-state index contributed by atoms with van der Waals surface area (Å²) in [5.74, 6) is 1.18. The number of anilines is 1. The maximum absolute atomic E-state index is 6.07. The number of aromatic amines is 1. The molecule has 6 nitrogen and oxygen atoms in total. The molecule has 3 aromatic heterocycles. The van der Waals surface area contributed by atoms with E-state index in [0.717, 1.165) is 39.1 Å². The average Bonchev–Trinajstić information content (AvgIpc) is 3.15. The molecule has 0 aliphatic heterocycles. The van der Waals surface area contributed by atoms with Gasteiger partial charge in [0.2, 0.25) is 0 Å². The van der Waals surface area contributed by atoms with Gasteiger partial charge < -0.3 is 10.7 Å². The summed E-state index contributed by atoms with van der Waals surface area (Å²) in [7, 11) is 1.89. The molecule has 0 aliphatic carbocycles. The molecular weight excluding hydrogens is 288 g/mol. The van der Waals surface area contributed by atoms with Gasteiger partial charge in [0.15, 0.2) is 0 Å². The van der Waals surface area contributed by atoms with Gasteiger partial charge in [-0.2, -0.15) is 5.10 Å². The predicted molar refractivity (Wildman–Crippen MR) is 90.7 cm³/mol. The smallest absolute Gasteiger partial charge is 0.142 e. The van der Waals surface area contributed by atoms with Gasteiger partial charge in [-0.3, -0.25) is 4.68 Å². The van der Waals surface area contributed by atoms with E-state index in [2.05, 4.69) is 20.1 Å². The van der Waals surface area contributed by atoms with Gasteiger partial charge in [0.05, 0.1) is 22.8 Å². The number of nitrogen functional groups attached to an aromatic ring is 1. The van der Waals surface area contributed by atoms with E-state index >= 15 is 0 Å². The van der Waals surface area contributed by atoms with E-state index < -0.39 is 0 Å². The van der Waals surface area contributed by atoms with Crippen molar-refractivity contribution >= 4 is 16.9 Å². The zero-order valence-electron chi connectivity index (χ0n) is 12.9. The molecule has 0 saturated heterocycles. The molecule has 3 N–H and O–H groups in total. The van der Waals surface area contributed by atoms with Crippen molar-refractivity contribution in [3.05, 3.63) is 48.4 Å². The van der Waals surface area contributed by atoms with Crippen molar-refractivity contribution in [1.82, 2.24) is 24.7 Å². The normalized spacial score (nSPS) is 11.2. The van der Waals surface area contributed by atoms with Crippen LogP contribution in [0.1, 0.15) is 5.56 Å². The van der Waals surface area contributed by atoms with Crippen LogP contribution in [-0.2, 0) is 7.05 Å². The van der Waals surface area contributed by atoms with Gasteiger partial charge >= 0.3 is 0 Å². The summed E-state index contributed by atoms with van der Waals surface area (Å²) < 4.78 is 1.76. The minimum atomic E-state index is 0.453. The molecule has 0 saturated carbocycles. The van der Waals surface area contributed by atoms with Crippen LogP contribution in [0.4, 0.5) is 5.82 Å². The van der Waals surface area contributed by atoms with Crippen molar-refractivity contribution < 1.29 is 0 Å². The number of pyridine rings is 1. The molecule has 0 unspecified atom stereocenters. The van der Waals surface area contributed by atoms with Crippen LogP contribution in [0.5, 0.6) is 0 Å². The molecule has 3 heterocycles. The molecule has 0 spiro atoms. The summed E-state index contributed by atoms with van der Waals surface area (Å²) in [5, 5.41) is 4.20. The molecule has 0 amide bonds. The molecule has 0 atom stereocenters. The molecule has 23 heavy (non-hydrogen) atoms. The molecule has 0 radical (unpaired) electrons. The number of fused-ring (bicyclic) bond motifs is 1. The highest BCUT2D eigenvalue weighted by atomic mass is 15.2. The number of para-hydroxylation sites is 1. The largest absolute Gasteiger partial charge is 0.383 e. The van der Waals surface area contributed by atoms with E-state index in [1.807, 2.05) is 44.4 Å². The van der Waals surface area contributed by atoms with E-state index in [4.69, 9.17) is 5.73 Å². The highest BCUT2D eigenvalue weighted by Crippen LogP contribution is 2.29. The Labute approximate surface area is 133 Å². The van der Waals surface area contributed by atoms with Gasteiger partial charge in [-0.15, -0.1) is 0 Å². The molecule has 0 aliphatic rings.